The van der Waals surface area contributed by atoms with Gasteiger partial charge >= 0.3 is 0 Å². The first-order valence-electron chi connectivity index (χ1n) is 34.8. The van der Waals surface area contributed by atoms with Crippen molar-refractivity contribution in [2.24, 2.45) is 0 Å². The van der Waals surface area contributed by atoms with E-state index in [0.29, 0.717) is 0 Å². The van der Waals surface area contributed by atoms with E-state index >= 15 is 0 Å². The molecule has 0 atom stereocenters. The van der Waals surface area contributed by atoms with Crippen molar-refractivity contribution >= 4 is 75.4 Å². The van der Waals surface area contributed by atoms with Crippen molar-refractivity contribution in [2.75, 3.05) is 0 Å². The summed E-state index contributed by atoms with van der Waals surface area (Å²) in [6, 6.07) is 104. The van der Waals surface area contributed by atoms with Crippen LogP contribution in [0.2, 0.25) is 0 Å². The summed E-state index contributed by atoms with van der Waals surface area (Å²) in [6.07, 6.45) is 0. The Morgan fingerprint density at radius 3 is 0.388 bits per heavy atom. The van der Waals surface area contributed by atoms with E-state index in [4.69, 9.17) is 0 Å². The number of fused-ring (bicyclic) bond motifs is 10. The van der Waals surface area contributed by atoms with Crippen molar-refractivity contribution in [3.8, 4) is 134 Å². The Hall–Kier alpha value is -11.7. The van der Waals surface area contributed by atoms with Gasteiger partial charge in [0.2, 0.25) is 0 Å². The summed E-state index contributed by atoms with van der Waals surface area (Å²) in [4.78, 5) is 0. The van der Waals surface area contributed by atoms with Gasteiger partial charge in [0, 0.05) is 0 Å². The van der Waals surface area contributed by atoms with Crippen LogP contribution < -0.4 is 0 Å². The summed E-state index contributed by atoms with van der Waals surface area (Å²) in [5, 5.41) is 18.4. The van der Waals surface area contributed by atoms with E-state index in [1.165, 1.54) is 253 Å². The molecule has 2 aliphatic rings. The average molecular weight is 1250 g/mol. The van der Waals surface area contributed by atoms with Gasteiger partial charge < -0.3 is 0 Å². The topological polar surface area (TPSA) is 0 Å². The molecule has 20 rings (SSSR count). The molecule has 460 valence electrons. The van der Waals surface area contributed by atoms with Crippen LogP contribution in [0.5, 0.6) is 0 Å². The highest BCUT2D eigenvalue weighted by molar-refractivity contribution is 6.46. The number of hydrogen-bond acceptors (Lipinski definition) is 0. The minimum absolute atomic E-state index is 1.21. The van der Waals surface area contributed by atoms with Gasteiger partial charge in [-0.3, -0.25) is 0 Å². The van der Waals surface area contributed by atoms with Crippen molar-refractivity contribution in [2.45, 2.75) is 55.4 Å². The minimum Gasteiger partial charge on any atom is -0.0587 e. The lowest BCUT2D eigenvalue weighted by atomic mass is 9.76. The van der Waals surface area contributed by atoms with Crippen molar-refractivity contribution in [3.63, 3.8) is 0 Å². The zero-order chi connectivity index (χ0) is 65.7. The van der Waals surface area contributed by atoms with E-state index in [0.717, 1.165) is 0 Å². The second-order valence-electron chi connectivity index (χ2n) is 28.6. The predicted octanol–water partition coefficient (Wildman–Crippen LogP) is 27.7. The van der Waals surface area contributed by atoms with Crippen LogP contribution in [-0.4, -0.2) is 0 Å². The summed E-state index contributed by atoms with van der Waals surface area (Å²) >= 11 is 0. The maximum Gasteiger partial charge on any atom is -0.000718 e. The summed E-state index contributed by atoms with van der Waals surface area (Å²) in [5.41, 5.74) is 40.3. The summed E-state index contributed by atoms with van der Waals surface area (Å²) in [5.74, 6) is 0. The molecule has 0 aliphatic heterocycles. The normalized spacial score (nSPS) is 12.3. The molecule has 2 aliphatic carbocycles. The number of aryl methyl sites for hydroxylation is 8. The molecule has 0 spiro atoms. The Morgan fingerprint density at radius 1 is 0.112 bits per heavy atom. The van der Waals surface area contributed by atoms with Gasteiger partial charge in [-0.15, -0.1) is 0 Å². The number of hydrogen-bond donors (Lipinski definition) is 0. The molecule has 0 N–H and O–H groups in total. The SMILES string of the molecule is Cc1ccc(-c2c(-c3ccc(C)cc3)c(-c3ccc(C)cc3)c3c(c2-c2ccc(C)cc2)-c2ccc4c5ccc6c7ccc8c9c(ccc(c%10ccc(c%11ccc-3c2c4%11)c5c6%10)c97)-c2c(-c3ccc(C)cc3)c(-c3ccc(C)cc3)c(-c3ccc(C)cc3)c(-c3ccc(C)cc3)c2-8)cc1. The molecule has 0 aromatic heterocycles. The fraction of sp³-hybridized carbons (Fsp3) is 0.0816. The van der Waals surface area contributed by atoms with Gasteiger partial charge in [-0.25, -0.2) is 0 Å². The number of rotatable bonds is 8. The van der Waals surface area contributed by atoms with Crippen LogP contribution in [0.3, 0.4) is 0 Å². The van der Waals surface area contributed by atoms with Crippen LogP contribution in [0.4, 0.5) is 0 Å². The maximum atomic E-state index is 2.49. The molecule has 0 radical (unpaired) electrons. The minimum atomic E-state index is 1.21. The fourth-order valence-corrected chi connectivity index (χ4v) is 17.8. The molecule has 0 amide bonds. The first-order valence-corrected chi connectivity index (χ1v) is 34.8. The Labute approximate surface area is 572 Å². The lowest BCUT2D eigenvalue weighted by Crippen LogP contribution is -2.00. The lowest BCUT2D eigenvalue weighted by molar-refractivity contribution is 1.44. The third-order valence-electron chi connectivity index (χ3n) is 22.4. The first kappa shape index (κ1) is 56.6. The van der Waals surface area contributed by atoms with Gasteiger partial charge in [0.1, 0.15) is 0 Å². The average Bonchev–Trinajstić information content (AvgIpc) is 1.40. The van der Waals surface area contributed by atoms with E-state index in [9.17, 15) is 0 Å². The molecular formula is C98H68. The molecule has 18 aromatic carbocycles. The van der Waals surface area contributed by atoms with Gasteiger partial charge in [-0.2, -0.15) is 0 Å². The molecule has 98 heavy (non-hydrogen) atoms. The molecule has 0 fully saturated rings. The van der Waals surface area contributed by atoms with Gasteiger partial charge in [0.25, 0.3) is 0 Å². The standard InChI is InChI=1S/C98H68/c1-53-9-25-61(26-10-53)81-82(62-27-11-54(2)12-28-62)86(66-35-19-58(6)20-36-66)96-78-50-46-74-70-42-44-72-76-48-52-80-94-79(51-47-75(92(76)94)71-43-41-69(89(70)90(71)72)73-45-49-77(93(78)91(73)74)95(96)85(81)65-33-17-57(5)18-34-65)97-87(67-37-21-59(7)22-38-67)83(63-29-13-55(3)14-30-63)84(64-31-15-56(4)16-32-64)88(98(80)97)68-39-23-60(8)24-40-68/h9-52H,1-8H3. The second kappa shape index (κ2) is 20.9. The molecule has 0 saturated heterocycles. The summed E-state index contributed by atoms with van der Waals surface area (Å²) < 4.78 is 0. The zero-order valence-electron chi connectivity index (χ0n) is 56.4. The molecule has 0 bridgehead atoms. The van der Waals surface area contributed by atoms with Crippen LogP contribution in [-0.2, 0) is 0 Å². The molecular weight excluding hydrogens is 1180 g/mol. The molecule has 0 heteroatoms. The van der Waals surface area contributed by atoms with Crippen LogP contribution in [0.15, 0.2) is 267 Å². The van der Waals surface area contributed by atoms with Gasteiger partial charge in [-0.05, 0) is 264 Å². The highest BCUT2D eigenvalue weighted by Crippen LogP contribution is 2.65. The van der Waals surface area contributed by atoms with Gasteiger partial charge in [0.05, 0.1) is 0 Å². The summed E-state index contributed by atoms with van der Waals surface area (Å²) in [6.45, 7) is 17.6. The quantitative estimate of drug-likeness (QED) is 0.105. The Morgan fingerprint density at radius 2 is 0.235 bits per heavy atom. The van der Waals surface area contributed by atoms with Crippen LogP contribution in [0.1, 0.15) is 44.5 Å². The van der Waals surface area contributed by atoms with E-state index in [2.05, 4.69) is 322 Å². The highest BCUT2D eigenvalue weighted by Gasteiger charge is 2.38. The number of benzene rings is 18. The van der Waals surface area contributed by atoms with E-state index < -0.39 is 0 Å². The zero-order valence-corrected chi connectivity index (χ0v) is 56.4. The third kappa shape index (κ3) is 8.01. The first-order chi connectivity index (χ1) is 47.9. The Bertz CT molecular complexity index is 5640. The third-order valence-corrected chi connectivity index (χ3v) is 22.4. The predicted molar refractivity (Wildman–Crippen MR) is 422 cm³/mol. The van der Waals surface area contributed by atoms with Crippen LogP contribution in [0, 0.1) is 55.4 Å². The lowest BCUT2D eigenvalue weighted by Gasteiger charge is -2.26. The van der Waals surface area contributed by atoms with Crippen molar-refractivity contribution in [3.05, 3.63) is 311 Å². The van der Waals surface area contributed by atoms with Crippen molar-refractivity contribution < 1.29 is 0 Å². The fourth-order valence-electron chi connectivity index (χ4n) is 17.8. The van der Waals surface area contributed by atoms with Crippen LogP contribution in [0.25, 0.3) is 209 Å². The molecule has 0 heterocycles. The molecule has 0 unspecified atom stereocenters. The summed E-state index contributed by atoms with van der Waals surface area (Å²) in [7, 11) is 0. The van der Waals surface area contributed by atoms with E-state index in [-0.39, 0.29) is 0 Å². The largest absolute Gasteiger partial charge is 0.0587 e. The highest BCUT2D eigenvalue weighted by atomic mass is 14.4. The van der Waals surface area contributed by atoms with E-state index in [1.54, 1.807) is 0 Å². The second-order valence-corrected chi connectivity index (χ2v) is 28.6. The smallest absolute Gasteiger partial charge is 0.000718 e. The molecule has 0 saturated carbocycles. The Kier molecular flexibility index (Phi) is 12.1. The van der Waals surface area contributed by atoms with Gasteiger partial charge in [0.15, 0.2) is 0 Å². The Balaban J connectivity index is 0.880. The maximum absolute atomic E-state index is 2.49. The van der Waals surface area contributed by atoms with Crippen molar-refractivity contribution in [1.29, 1.82) is 0 Å². The van der Waals surface area contributed by atoms with Crippen LogP contribution >= 0.6 is 0 Å². The van der Waals surface area contributed by atoms with E-state index in [1.807, 2.05) is 0 Å². The molecule has 18 aromatic rings. The van der Waals surface area contributed by atoms with Crippen molar-refractivity contribution in [1.82, 2.24) is 0 Å². The van der Waals surface area contributed by atoms with Gasteiger partial charge in [-0.1, -0.05) is 311 Å². The molecule has 0 nitrogen and oxygen atoms in total. The monoisotopic (exact) mass is 1240 g/mol.